The number of carbonyl (C=O) groups is 1. The highest BCUT2D eigenvalue weighted by atomic mass is 16.1. The first-order valence-electron chi connectivity index (χ1n) is 7.44. The van der Waals surface area contributed by atoms with Crippen molar-refractivity contribution in [3.8, 4) is 0 Å². The Morgan fingerprint density at radius 3 is 2.19 bits per heavy atom. The van der Waals surface area contributed by atoms with Gasteiger partial charge in [0.25, 0.3) is 0 Å². The van der Waals surface area contributed by atoms with E-state index in [0.29, 0.717) is 0 Å². The van der Waals surface area contributed by atoms with Crippen LogP contribution < -0.4 is 10.2 Å². The number of benzene rings is 2. The van der Waals surface area contributed by atoms with Gasteiger partial charge < -0.3 is 10.2 Å². The van der Waals surface area contributed by atoms with Gasteiger partial charge in [0.15, 0.2) is 0 Å². The lowest BCUT2D eigenvalue weighted by Crippen LogP contribution is -2.28. The summed E-state index contributed by atoms with van der Waals surface area (Å²) in [6, 6.07) is 18.2. The third-order valence-corrected chi connectivity index (χ3v) is 4.14. The van der Waals surface area contributed by atoms with E-state index in [1.165, 1.54) is 6.42 Å². The lowest BCUT2D eigenvalue weighted by molar-refractivity contribution is -0.122. The molecular weight excluding hydrogens is 260 g/mol. The fraction of sp³-hybridized carbons (Fsp3) is 0.278. The van der Waals surface area contributed by atoms with Crippen molar-refractivity contribution in [2.75, 3.05) is 17.3 Å². The first-order chi connectivity index (χ1) is 10.2. The normalized spacial score (nSPS) is 14.3. The van der Waals surface area contributed by atoms with Crippen LogP contribution in [0.1, 0.15) is 19.3 Å². The van der Waals surface area contributed by atoms with Crippen molar-refractivity contribution in [1.29, 1.82) is 0 Å². The zero-order valence-electron chi connectivity index (χ0n) is 12.3. The highest BCUT2D eigenvalue weighted by Crippen LogP contribution is 2.28. The minimum Gasteiger partial charge on any atom is -0.345 e. The van der Waals surface area contributed by atoms with Gasteiger partial charge in [-0.2, -0.15) is 0 Å². The molecule has 1 aliphatic rings. The molecule has 0 spiro atoms. The van der Waals surface area contributed by atoms with E-state index >= 15 is 0 Å². The molecule has 1 aliphatic carbocycles. The van der Waals surface area contributed by atoms with Crippen LogP contribution in [-0.4, -0.2) is 13.0 Å². The maximum Gasteiger partial charge on any atom is 0.227 e. The van der Waals surface area contributed by atoms with Crippen molar-refractivity contribution < 1.29 is 4.79 Å². The Hall–Kier alpha value is -2.29. The average molecular weight is 280 g/mol. The number of nitrogens with zero attached hydrogens (tertiary/aromatic N) is 1. The van der Waals surface area contributed by atoms with Crippen molar-refractivity contribution in [1.82, 2.24) is 0 Å². The molecule has 0 aromatic heterocycles. The van der Waals surface area contributed by atoms with Crippen LogP contribution in [0.5, 0.6) is 0 Å². The van der Waals surface area contributed by atoms with Crippen molar-refractivity contribution >= 4 is 23.0 Å². The molecule has 1 N–H and O–H groups in total. The van der Waals surface area contributed by atoms with Crippen LogP contribution in [0.25, 0.3) is 0 Å². The Morgan fingerprint density at radius 2 is 1.62 bits per heavy atom. The number of hydrogen-bond donors (Lipinski definition) is 1. The molecule has 3 heteroatoms. The van der Waals surface area contributed by atoms with Crippen molar-refractivity contribution in [3.05, 3.63) is 54.6 Å². The van der Waals surface area contributed by atoms with Gasteiger partial charge in [-0.15, -0.1) is 0 Å². The number of rotatable bonds is 4. The summed E-state index contributed by atoms with van der Waals surface area (Å²) in [6.45, 7) is 0. The Bertz CT molecular complexity index is 603. The molecular formula is C18H20N2O. The van der Waals surface area contributed by atoms with Gasteiger partial charge in [-0.1, -0.05) is 24.6 Å². The minimum atomic E-state index is 0.158. The molecule has 3 rings (SSSR count). The molecule has 0 unspecified atom stereocenters. The molecule has 1 amide bonds. The molecule has 108 valence electrons. The van der Waals surface area contributed by atoms with E-state index in [0.717, 1.165) is 29.9 Å². The predicted octanol–water partition coefficient (Wildman–Crippen LogP) is 4.19. The highest BCUT2D eigenvalue weighted by Gasteiger charge is 2.25. The summed E-state index contributed by atoms with van der Waals surface area (Å²) in [5.41, 5.74) is 3.11. The van der Waals surface area contributed by atoms with Crippen LogP contribution in [0.2, 0.25) is 0 Å². The van der Waals surface area contributed by atoms with Crippen LogP contribution in [-0.2, 0) is 4.79 Å². The van der Waals surface area contributed by atoms with E-state index in [4.69, 9.17) is 0 Å². The Morgan fingerprint density at radius 1 is 1.00 bits per heavy atom. The zero-order chi connectivity index (χ0) is 14.7. The second kappa shape index (κ2) is 6.00. The maximum atomic E-state index is 11.9. The number of nitrogens with one attached hydrogen (secondary N) is 1. The van der Waals surface area contributed by atoms with E-state index in [9.17, 15) is 4.79 Å². The number of carbonyl (C=O) groups excluding carboxylic acids is 1. The molecule has 2 aromatic carbocycles. The smallest absolute Gasteiger partial charge is 0.227 e. The zero-order valence-corrected chi connectivity index (χ0v) is 12.3. The Balaban J connectivity index is 1.67. The molecule has 0 atom stereocenters. The van der Waals surface area contributed by atoms with Gasteiger partial charge in [0.2, 0.25) is 5.91 Å². The third-order valence-electron chi connectivity index (χ3n) is 4.14. The van der Waals surface area contributed by atoms with E-state index in [1.807, 2.05) is 49.5 Å². The summed E-state index contributed by atoms with van der Waals surface area (Å²) in [5.74, 6) is 0.377. The summed E-state index contributed by atoms with van der Waals surface area (Å²) in [5, 5.41) is 2.99. The van der Waals surface area contributed by atoms with Crippen molar-refractivity contribution in [3.63, 3.8) is 0 Å². The molecule has 1 saturated carbocycles. The van der Waals surface area contributed by atoms with E-state index in [-0.39, 0.29) is 11.8 Å². The van der Waals surface area contributed by atoms with Crippen LogP contribution in [0.3, 0.4) is 0 Å². The van der Waals surface area contributed by atoms with Gasteiger partial charge in [0, 0.05) is 30.0 Å². The molecule has 0 bridgehead atoms. The second-order valence-electron chi connectivity index (χ2n) is 5.56. The fourth-order valence-electron chi connectivity index (χ4n) is 2.48. The minimum absolute atomic E-state index is 0.158. The van der Waals surface area contributed by atoms with Crippen molar-refractivity contribution in [2.45, 2.75) is 19.3 Å². The molecule has 0 saturated heterocycles. The molecule has 0 aliphatic heterocycles. The van der Waals surface area contributed by atoms with E-state index < -0.39 is 0 Å². The monoisotopic (exact) mass is 280 g/mol. The van der Waals surface area contributed by atoms with Crippen molar-refractivity contribution in [2.24, 2.45) is 5.92 Å². The molecule has 21 heavy (non-hydrogen) atoms. The summed E-state index contributed by atoms with van der Waals surface area (Å²) in [4.78, 5) is 14.0. The largest absolute Gasteiger partial charge is 0.345 e. The summed E-state index contributed by atoms with van der Waals surface area (Å²) < 4.78 is 0. The van der Waals surface area contributed by atoms with E-state index in [1.54, 1.807) is 0 Å². The Labute approximate surface area is 125 Å². The third kappa shape index (κ3) is 3.07. The number of para-hydroxylation sites is 1. The van der Waals surface area contributed by atoms with Gasteiger partial charge >= 0.3 is 0 Å². The SMILES string of the molecule is CN(c1ccccc1)c1ccc(NC(=O)C2CCC2)cc1. The number of anilines is 3. The summed E-state index contributed by atoms with van der Waals surface area (Å²) in [7, 11) is 2.04. The number of amides is 1. The highest BCUT2D eigenvalue weighted by molar-refractivity contribution is 5.93. The Kier molecular flexibility index (Phi) is 3.91. The van der Waals surface area contributed by atoms with Crippen LogP contribution >= 0.6 is 0 Å². The summed E-state index contributed by atoms with van der Waals surface area (Å²) >= 11 is 0. The molecule has 3 nitrogen and oxygen atoms in total. The lowest BCUT2D eigenvalue weighted by Gasteiger charge is -2.24. The van der Waals surface area contributed by atoms with Crippen LogP contribution in [0.4, 0.5) is 17.1 Å². The maximum absolute atomic E-state index is 11.9. The fourth-order valence-corrected chi connectivity index (χ4v) is 2.48. The van der Waals surface area contributed by atoms with Gasteiger partial charge in [0.05, 0.1) is 0 Å². The second-order valence-corrected chi connectivity index (χ2v) is 5.56. The van der Waals surface area contributed by atoms with E-state index in [2.05, 4.69) is 22.3 Å². The van der Waals surface area contributed by atoms with Crippen LogP contribution in [0, 0.1) is 5.92 Å². The first-order valence-corrected chi connectivity index (χ1v) is 7.44. The lowest BCUT2D eigenvalue weighted by atomic mass is 9.85. The standard InChI is InChI=1S/C18H20N2O/c1-20(16-8-3-2-4-9-16)17-12-10-15(11-13-17)19-18(21)14-6-5-7-14/h2-4,8-14H,5-7H2,1H3,(H,19,21). The predicted molar refractivity (Wildman–Crippen MR) is 86.9 cm³/mol. The number of hydrogen-bond acceptors (Lipinski definition) is 2. The van der Waals surface area contributed by atoms with Gasteiger partial charge in [-0.05, 0) is 49.2 Å². The first kappa shape index (κ1) is 13.7. The van der Waals surface area contributed by atoms with Gasteiger partial charge in [-0.3, -0.25) is 4.79 Å². The molecule has 2 aromatic rings. The molecule has 0 heterocycles. The van der Waals surface area contributed by atoms with Gasteiger partial charge in [-0.25, -0.2) is 0 Å². The topological polar surface area (TPSA) is 32.3 Å². The van der Waals surface area contributed by atoms with Crippen LogP contribution in [0.15, 0.2) is 54.6 Å². The van der Waals surface area contributed by atoms with Gasteiger partial charge in [0.1, 0.15) is 0 Å². The molecule has 1 fully saturated rings. The summed E-state index contributed by atoms with van der Waals surface area (Å²) in [6.07, 6.45) is 3.24. The quantitative estimate of drug-likeness (QED) is 0.910. The average Bonchev–Trinajstić information content (AvgIpc) is 2.46. The molecule has 0 radical (unpaired) electrons.